The summed E-state index contributed by atoms with van der Waals surface area (Å²) in [6.45, 7) is 0.992. The summed E-state index contributed by atoms with van der Waals surface area (Å²) in [5.74, 6) is 0.887. The van der Waals surface area contributed by atoms with Gasteiger partial charge in [-0.2, -0.15) is 0 Å². The Labute approximate surface area is 98.4 Å². The van der Waals surface area contributed by atoms with Crippen LogP contribution in [0.25, 0.3) is 0 Å². The van der Waals surface area contributed by atoms with Crippen molar-refractivity contribution in [1.82, 2.24) is 0 Å². The number of ether oxygens (including phenoxy) is 1. The predicted octanol–water partition coefficient (Wildman–Crippen LogP) is 2.99. The van der Waals surface area contributed by atoms with Crippen LogP contribution in [0, 0.1) is 5.41 Å². The molecule has 1 saturated carbocycles. The van der Waals surface area contributed by atoms with Crippen molar-refractivity contribution in [2.75, 3.05) is 13.2 Å². The van der Waals surface area contributed by atoms with Crippen molar-refractivity contribution in [3.63, 3.8) is 0 Å². The second-order valence-corrected chi connectivity index (χ2v) is 5.13. The molecular weight excluding hydrogens is 256 g/mol. The van der Waals surface area contributed by atoms with Crippen molar-refractivity contribution in [3.8, 4) is 5.75 Å². The molecule has 0 bridgehead atoms. The van der Waals surface area contributed by atoms with Crippen LogP contribution < -0.4 is 4.74 Å². The Bertz CT molecular complexity index is 334. The molecule has 0 spiro atoms. The maximum absolute atomic E-state index is 9.13. The average molecular weight is 271 g/mol. The lowest BCUT2D eigenvalue weighted by atomic mass is 10.1. The van der Waals surface area contributed by atoms with Crippen molar-refractivity contribution >= 4 is 15.9 Å². The molecule has 82 valence electrons. The minimum absolute atomic E-state index is 0.187. The van der Waals surface area contributed by atoms with E-state index in [4.69, 9.17) is 9.84 Å². The van der Waals surface area contributed by atoms with Crippen LogP contribution in [0.15, 0.2) is 28.7 Å². The smallest absolute Gasteiger partial charge is 0.120 e. The molecule has 0 heterocycles. The Morgan fingerprint density at radius 1 is 1.40 bits per heavy atom. The van der Waals surface area contributed by atoms with Gasteiger partial charge in [-0.05, 0) is 42.9 Å². The maximum atomic E-state index is 9.13. The molecule has 0 aromatic heterocycles. The lowest BCUT2D eigenvalue weighted by Crippen LogP contribution is -2.11. The van der Waals surface area contributed by atoms with Gasteiger partial charge in [-0.25, -0.2) is 0 Å². The van der Waals surface area contributed by atoms with Crippen LogP contribution in [-0.4, -0.2) is 18.3 Å². The summed E-state index contributed by atoms with van der Waals surface area (Å²) < 4.78 is 6.65. The van der Waals surface area contributed by atoms with Crippen LogP contribution in [0.1, 0.15) is 19.3 Å². The van der Waals surface area contributed by atoms with Gasteiger partial charge in [0.1, 0.15) is 5.75 Å². The molecule has 1 aliphatic carbocycles. The number of halogens is 1. The maximum Gasteiger partial charge on any atom is 0.120 e. The highest BCUT2D eigenvalue weighted by Crippen LogP contribution is 2.48. The molecule has 0 radical (unpaired) electrons. The molecule has 1 N–H and O–H groups in total. The molecule has 0 amide bonds. The van der Waals surface area contributed by atoms with Gasteiger partial charge in [-0.3, -0.25) is 0 Å². The van der Waals surface area contributed by atoms with E-state index < -0.39 is 0 Å². The summed E-state index contributed by atoms with van der Waals surface area (Å²) in [6, 6.07) is 7.84. The van der Waals surface area contributed by atoms with E-state index in [1.807, 2.05) is 24.3 Å². The van der Waals surface area contributed by atoms with E-state index in [2.05, 4.69) is 15.9 Å². The zero-order valence-electron chi connectivity index (χ0n) is 8.58. The second-order valence-electron chi connectivity index (χ2n) is 4.21. The minimum atomic E-state index is 0.187. The fraction of sp³-hybridized carbons (Fsp3) is 0.500. The van der Waals surface area contributed by atoms with E-state index in [1.54, 1.807) is 0 Å². The zero-order valence-corrected chi connectivity index (χ0v) is 10.2. The van der Waals surface area contributed by atoms with Gasteiger partial charge in [-0.1, -0.05) is 22.0 Å². The highest BCUT2D eigenvalue weighted by Gasteiger charge is 2.41. The van der Waals surface area contributed by atoms with Gasteiger partial charge >= 0.3 is 0 Å². The molecule has 2 rings (SSSR count). The molecule has 3 heteroatoms. The van der Waals surface area contributed by atoms with Crippen molar-refractivity contribution in [3.05, 3.63) is 28.7 Å². The van der Waals surface area contributed by atoms with Crippen LogP contribution >= 0.6 is 15.9 Å². The Morgan fingerprint density at radius 3 is 2.80 bits per heavy atom. The minimum Gasteiger partial charge on any atom is -0.494 e. The van der Waals surface area contributed by atoms with Gasteiger partial charge < -0.3 is 9.84 Å². The van der Waals surface area contributed by atoms with Crippen LogP contribution in [0.3, 0.4) is 0 Å². The number of aliphatic hydroxyl groups is 1. The quantitative estimate of drug-likeness (QED) is 0.892. The second kappa shape index (κ2) is 4.54. The number of hydrogen-bond acceptors (Lipinski definition) is 2. The van der Waals surface area contributed by atoms with Gasteiger partial charge in [0.25, 0.3) is 0 Å². The first kappa shape index (κ1) is 11.0. The Kier molecular flexibility index (Phi) is 3.32. The van der Waals surface area contributed by atoms with Gasteiger partial charge in [0.15, 0.2) is 0 Å². The van der Waals surface area contributed by atoms with E-state index >= 15 is 0 Å². The van der Waals surface area contributed by atoms with Crippen molar-refractivity contribution in [1.29, 1.82) is 0 Å². The first-order valence-corrected chi connectivity index (χ1v) is 6.03. The zero-order chi connectivity index (χ0) is 10.7. The number of rotatable bonds is 5. The number of hydrogen-bond donors (Lipinski definition) is 1. The van der Waals surface area contributed by atoms with Gasteiger partial charge in [0.2, 0.25) is 0 Å². The molecule has 0 aliphatic heterocycles. The summed E-state index contributed by atoms with van der Waals surface area (Å²) in [6.07, 6.45) is 3.24. The van der Waals surface area contributed by atoms with Gasteiger partial charge in [0.05, 0.1) is 6.61 Å². The van der Waals surface area contributed by atoms with E-state index in [0.29, 0.717) is 13.2 Å². The molecule has 1 aromatic carbocycles. The summed E-state index contributed by atoms with van der Waals surface area (Å²) in [4.78, 5) is 0. The Balaban J connectivity index is 1.78. The highest BCUT2D eigenvalue weighted by molar-refractivity contribution is 9.10. The Morgan fingerprint density at radius 2 is 2.20 bits per heavy atom. The Hall–Kier alpha value is -0.540. The first-order chi connectivity index (χ1) is 7.24. The molecule has 0 unspecified atom stereocenters. The third-order valence-electron chi connectivity index (χ3n) is 2.99. The SMILES string of the molecule is OCC1(CCOc2cccc(Br)c2)CC1. The molecule has 1 fully saturated rings. The van der Waals surface area contributed by atoms with Crippen LogP contribution in [0.5, 0.6) is 5.75 Å². The van der Waals surface area contributed by atoms with Crippen LogP contribution in [0.4, 0.5) is 0 Å². The van der Waals surface area contributed by atoms with E-state index in [-0.39, 0.29) is 5.41 Å². The van der Waals surface area contributed by atoms with E-state index in [1.165, 1.54) is 0 Å². The standard InChI is InChI=1S/C12H15BrO2/c13-10-2-1-3-11(8-10)15-7-6-12(9-14)4-5-12/h1-3,8,14H,4-7,9H2. The number of aliphatic hydroxyl groups excluding tert-OH is 1. The van der Waals surface area contributed by atoms with E-state index in [0.717, 1.165) is 29.5 Å². The summed E-state index contributed by atoms with van der Waals surface area (Å²) in [5, 5.41) is 9.13. The first-order valence-electron chi connectivity index (χ1n) is 5.23. The lowest BCUT2D eigenvalue weighted by molar-refractivity contribution is 0.176. The highest BCUT2D eigenvalue weighted by atomic mass is 79.9. The normalized spacial score (nSPS) is 17.5. The summed E-state index contributed by atoms with van der Waals surface area (Å²) in [5.41, 5.74) is 0.187. The molecule has 1 aromatic rings. The molecule has 1 aliphatic rings. The largest absolute Gasteiger partial charge is 0.494 e. The molecule has 2 nitrogen and oxygen atoms in total. The molecule has 0 saturated heterocycles. The van der Waals surface area contributed by atoms with Gasteiger partial charge in [-0.15, -0.1) is 0 Å². The van der Waals surface area contributed by atoms with Crippen molar-refractivity contribution < 1.29 is 9.84 Å². The average Bonchev–Trinajstić information content (AvgIpc) is 2.99. The monoisotopic (exact) mass is 270 g/mol. The van der Waals surface area contributed by atoms with Crippen molar-refractivity contribution in [2.24, 2.45) is 5.41 Å². The topological polar surface area (TPSA) is 29.5 Å². The van der Waals surface area contributed by atoms with Crippen LogP contribution in [0.2, 0.25) is 0 Å². The third kappa shape index (κ3) is 2.95. The molecule has 15 heavy (non-hydrogen) atoms. The molecule has 0 atom stereocenters. The van der Waals surface area contributed by atoms with E-state index in [9.17, 15) is 0 Å². The lowest BCUT2D eigenvalue weighted by Gasteiger charge is -2.12. The molecular formula is C12H15BrO2. The summed E-state index contributed by atoms with van der Waals surface area (Å²) in [7, 11) is 0. The fourth-order valence-corrected chi connectivity index (χ4v) is 1.98. The third-order valence-corrected chi connectivity index (χ3v) is 3.48. The summed E-state index contributed by atoms with van der Waals surface area (Å²) >= 11 is 3.40. The fourth-order valence-electron chi connectivity index (χ4n) is 1.61. The van der Waals surface area contributed by atoms with Crippen molar-refractivity contribution in [2.45, 2.75) is 19.3 Å². The number of benzene rings is 1. The predicted molar refractivity (Wildman–Crippen MR) is 63.0 cm³/mol. The van der Waals surface area contributed by atoms with Gasteiger partial charge in [0, 0.05) is 11.1 Å². The van der Waals surface area contributed by atoms with Crippen LogP contribution in [-0.2, 0) is 0 Å².